The maximum Gasteiger partial charge on any atom is 0.245 e. The fraction of sp³-hybridized carbons (Fsp3) is 0.769. The van der Waals surface area contributed by atoms with Crippen molar-refractivity contribution >= 4 is 17.7 Å². The van der Waals surface area contributed by atoms with Crippen LogP contribution in [-0.2, 0) is 19.1 Å². The molecule has 0 bridgehead atoms. The molecule has 2 heterocycles. The van der Waals surface area contributed by atoms with Crippen molar-refractivity contribution in [3.8, 4) is 0 Å². The zero-order valence-electron chi connectivity index (χ0n) is 11.7. The zero-order valence-corrected chi connectivity index (χ0v) is 11.7. The fourth-order valence-electron chi connectivity index (χ4n) is 2.55. The van der Waals surface area contributed by atoms with Crippen LogP contribution in [0.2, 0.25) is 0 Å². The second-order valence-corrected chi connectivity index (χ2v) is 5.06. The molecule has 2 atom stereocenters. The van der Waals surface area contributed by atoms with Crippen molar-refractivity contribution in [1.29, 1.82) is 0 Å². The number of ether oxygens (including phenoxy) is 1. The summed E-state index contributed by atoms with van der Waals surface area (Å²) in [4.78, 5) is 37.3. The lowest BCUT2D eigenvalue weighted by Gasteiger charge is -2.37. The van der Waals surface area contributed by atoms with E-state index >= 15 is 0 Å². The van der Waals surface area contributed by atoms with Crippen LogP contribution in [0.3, 0.4) is 0 Å². The van der Waals surface area contributed by atoms with Gasteiger partial charge in [0.15, 0.2) is 0 Å². The minimum absolute atomic E-state index is 0.0173. The highest BCUT2D eigenvalue weighted by Gasteiger charge is 2.36. The number of piperidine rings is 1. The number of hydrogen-bond donors (Lipinski definition) is 2. The highest BCUT2D eigenvalue weighted by Crippen LogP contribution is 2.18. The van der Waals surface area contributed by atoms with Crippen molar-refractivity contribution in [2.45, 2.75) is 25.8 Å². The number of carbonyl (C=O) groups is 3. The Morgan fingerprint density at radius 2 is 2.30 bits per heavy atom. The third-order valence-electron chi connectivity index (χ3n) is 3.68. The molecule has 0 aliphatic carbocycles. The van der Waals surface area contributed by atoms with Crippen LogP contribution in [0, 0.1) is 5.92 Å². The Labute approximate surface area is 118 Å². The van der Waals surface area contributed by atoms with Gasteiger partial charge < -0.3 is 20.3 Å². The highest BCUT2D eigenvalue weighted by molar-refractivity contribution is 5.90. The molecule has 2 N–H and O–H groups in total. The van der Waals surface area contributed by atoms with Gasteiger partial charge in [0.25, 0.3) is 0 Å². The number of rotatable bonds is 3. The maximum absolute atomic E-state index is 12.5. The lowest BCUT2D eigenvalue weighted by molar-refractivity contribution is -0.152. The summed E-state index contributed by atoms with van der Waals surface area (Å²) in [5.41, 5.74) is 0. The molecule has 2 aliphatic rings. The van der Waals surface area contributed by atoms with E-state index in [9.17, 15) is 14.4 Å². The molecule has 112 valence electrons. The van der Waals surface area contributed by atoms with Gasteiger partial charge in [0.05, 0.1) is 19.1 Å². The summed E-state index contributed by atoms with van der Waals surface area (Å²) in [5, 5.41) is 5.43. The van der Waals surface area contributed by atoms with Crippen molar-refractivity contribution in [2.24, 2.45) is 5.92 Å². The quantitative estimate of drug-likeness (QED) is 0.686. The van der Waals surface area contributed by atoms with Gasteiger partial charge in [-0.05, 0) is 13.3 Å². The van der Waals surface area contributed by atoms with E-state index < -0.39 is 6.04 Å². The first-order valence-electron chi connectivity index (χ1n) is 7.06. The first-order valence-corrected chi connectivity index (χ1v) is 7.06. The largest absolute Gasteiger partial charge is 0.377 e. The Balaban J connectivity index is 2.01. The predicted molar refractivity (Wildman–Crippen MR) is 70.7 cm³/mol. The Morgan fingerprint density at radius 1 is 1.50 bits per heavy atom. The first kappa shape index (κ1) is 14.8. The normalized spacial score (nSPS) is 26.9. The molecule has 2 saturated heterocycles. The van der Waals surface area contributed by atoms with Crippen LogP contribution in [0.15, 0.2) is 0 Å². The molecule has 20 heavy (non-hydrogen) atoms. The predicted octanol–water partition coefficient (Wildman–Crippen LogP) is -1.12. The first-order chi connectivity index (χ1) is 9.63. The van der Waals surface area contributed by atoms with E-state index in [2.05, 4.69) is 10.6 Å². The molecule has 0 radical (unpaired) electrons. The maximum atomic E-state index is 12.5. The van der Waals surface area contributed by atoms with Crippen LogP contribution in [0.4, 0.5) is 0 Å². The van der Waals surface area contributed by atoms with E-state index in [4.69, 9.17) is 4.74 Å². The van der Waals surface area contributed by atoms with Crippen molar-refractivity contribution < 1.29 is 19.1 Å². The average Bonchev–Trinajstić information content (AvgIpc) is 2.47. The van der Waals surface area contributed by atoms with Gasteiger partial charge in [-0.2, -0.15) is 0 Å². The van der Waals surface area contributed by atoms with Crippen molar-refractivity contribution in [2.75, 3.05) is 32.8 Å². The van der Waals surface area contributed by atoms with E-state index in [0.29, 0.717) is 39.1 Å². The van der Waals surface area contributed by atoms with E-state index in [0.717, 1.165) is 0 Å². The number of nitrogens with zero attached hydrogens (tertiary/aromatic N) is 1. The number of nitrogens with one attached hydrogen (secondary N) is 2. The number of carbonyl (C=O) groups excluding carboxylic acids is 3. The molecule has 2 aliphatic heterocycles. The second kappa shape index (κ2) is 6.69. The van der Waals surface area contributed by atoms with Gasteiger partial charge in [-0.25, -0.2) is 0 Å². The van der Waals surface area contributed by atoms with Crippen molar-refractivity contribution in [1.82, 2.24) is 15.5 Å². The lowest BCUT2D eigenvalue weighted by Crippen LogP contribution is -2.58. The van der Waals surface area contributed by atoms with Gasteiger partial charge in [0.2, 0.25) is 17.7 Å². The van der Waals surface area contributed by atoms with Gasteiger partial charge in [0, 0.05) is 26.1 Å². The monoisotopic (exact) mass is 283 g/mol. The molecule has 2 fully saturated rings. The second-order valence-electron chi connectivity index (χ2n) is 5.06. The molecular formula is C13H21N3O4. The fourth-order valence-corrected chi connectivity index (χ4v) is 2.55. The Morgan fingerprint density at radius 3 is 2.95 bits per heavy atom. The summed E-state index contributed by atoms with van der Waals surface area (Å²) < 4.78 is 5.31. The third kappa shape index (κ3) is 3.27. The molecular weight excluding hydrogens is 262 g/mol. The van der Waals surface area contributed by atoms with Gasteiger partial charge in [-0.3, -0.25) is 14.4 Å². The van der Waals surface area contributed by atoms with Gasteiger partial charge in [-0.15, -0.1) is 0 Å². The summed E-state index contributed by atoms with van der Waals surface area (Å²) in [7, 11) is 0. The molecule has 2 rings (SSSR count). The van der Waals surface area contributed by atoms with Crippen LogP contribution < -0.4 is 10.6 Å². The Bertz CT molecular complexity index is 389. The smallest absolute Gasteiger partial charge is 0.245 e. The molecule has 0 saturated carbocycles. The van der Waals surface area contributed by atoms with Gasteiger partial charge in [0.1, 0.15) is 6.04 Å². The molecule has 0 spiro atoms. The van der Waals surface area contributed by atoms with Crippen LogP contribution in [0.1, 0.15) is 19.8 Å². The minimum Gasteiger partial charge on any atom is -0.377 e. The number of amides is 3. The molecule has 0 aromatic heterocycles. The minimum atomic E-state index is -0.561. The Kier molecular flexibility index (Phi) is 4.94. The lowest BCUT2D eigenvalue weighted by atomic mass is 9.96. The Hall–Kier alpha value is -1.63. The van der Waals surface area contributed by atoms with E-state index in [1.807, 2.05) is 6.92 Å². The van der Waals surface area contributed by atoms with E-state index in [1.165, 1.54) is 0 Å². The van der Waals surface area contributed by atoms with Crippen LogP contribution in [0.25, 0.3) is 0 Å². The van der Waals surface area contributed by atoms with E-state index in [-0.39, 0.29) is 30.2 Å². The number of likely N-dealkylation sites (N-methyl/N-ethyl adjacent to an activating group) is 1. The van der Waals surface area contributed by atoms with Crippen LogP contribution in [-0.4, -0.2) is 61.5 Å². The van der Waals surface area contributed by atoms with Gasteiger partial charge in [-0.1, -0.05) is 0 Å². The summed E-state index contributed by atoms with van der Waals surface area (Å²) >= 11 is 0. The highest BCUT2D eigenvalue weighted by atomic mass is 16.5. The average molecular weight is 283 g/mol. The summed E-state index contributed by atoms with van der Waals surface area (Å²) in [5.74, 6) is -0.496. The molecule has 0 aromatic rings. The number of morpholine rings is 1. The van der Waals surface area contributed by atoms with Crippen LogP contribution >= 0.6 is 0 Å². The topological polar surface area (TPSA) is 87.7 Å². The summed E-state index contributed by atoms with van der Waals surface area (Å²) in [6.07, 6.45) is 0.913. The molecule has 3 amide bonds. The zero-order chi connectivity index (χ0) is 14.5. The molecule has 7 heteroatoms. The summed E-state index contributed by atoms with van der Waals surface area (Å²) in [6, 6.07) is -0.561. The van der Waals surface area contributed by atoms with Crippen LogP contribution in [0.5, 0.6) is 0 Å². The number of hydrogen-bond acceptors (Lipinski definition) is 4. The van der Waals surface area contributed by atoms with Crippen molar-refractivity contribution in [3.63, 3.8) is 0 Å². The summed E-state index contributed by atoms with van der Waals surface area (Å²) in [6.45, 7) is 3.82. The standard InChI is InChI=1S/C13H21N3O4/c1-2-14-12(18)10-8-20-6-5-16(10)13(19)9-3-4-11(17)15-7-9/h9-10H,2-8H2,1H3,(H,14,18)(H,15,17). The van der Waals surface area contributed by atoms with Gasteiger partial charge >= 0.3 is 0 Å². The molecule has 0 aromatic carbocycles. The van der Waals surface area contributed by atoms with Crippen molar-refractivity contribution in [3.05, 3.63) is 0 Å². The molecule has 2 unspecified atom stereocenters. The molecule has 7 nitrogen and oxygen atoms in total. The third-order valence-corrected chi connectivity index (χ3v) is 3.68. The SMILES string of the molecule is CCNC(=O)C1COCCN1C(=O)C1CCC(=O)NC1. The van der Waals surface area contributed by atoms with E-state index in [1.54, 1.807) is 4.90 Å².